The molecule has 0 aliphatic carbocycles. The van der Waals surface area contributed by atoms with Gasteiger partial charge in [0.25, 0.3) is 0 Å². The van der Waals surface area contributed by atoms with E-state index in [0.29, 0.717) is 5.57 Å². The molecule has 0 unspecified atom stereocenters. The fourth-order valence-electron chi connectivity index (χ4n) is 1.85. The Morgan fingerprint density at radius 2 is 1.71 bits per heavy atom. The maximum atomic E-state index is 10.6. The normalized spacial score (nSPS) is 12.1. The first kappa shape index (κ1) is 16.2. The smallest absolute Gasteiger partial charge is 0.330 e. The number of hydrogen-bond acceptors (Lipinski definition) is 2. The molecule has 0 radical (unpaired) electrons. The summed E-state index contributed by atoms with van der Waals surface area (Å²) >= 11 is 0. The summed E-state index contributed by atoms with van der Waals surface area (Å²) in [6, 6.07) is 0. The molecule has 0 aliphatic rings. The Morgan fingerprint density at radius 1 is 1.12 bits per heavy atom. The summed E-state index contributed by atoms with van der Waals surface area (Å²) in [6.07, 6.45) is 7.35. The molecule has 100 valence electrons. The van der Waals surface area contributed by atoms with Gasteiger partial charge in [-0.15, -0.1) is 0 Å². The summed E-state index contributed by atoms with van der Waals surface area (Å²) < 4.78 is 0. The molecule has 0 bridgehead atoms. The fraction of sp³-hybridized carbons (Fsp3) is 0.786. The van der Waals surface area contributed by atoms with Gasteiger partial charge in [-0.2, -0.15) is 0 Å². The van der Waals surface area contributed by atoms with Crippen molar-refractivity contribution in [1.29, 1.82) is 0 Å². The highest BCUT2D eigenvalue weighted by molar-refractivity contribution is 5.85. The van der Waals surface area contributed by atoms with Gasteiger partial charge < -0.3 is 10.0 Å². The number of carbonyl (C=O) groups is 1. The number of rotatable bonds is 10. The maximum Gasteiger partial charge on any atom is 0.330 e. The van der Waals surface area contributed by atoms with Crippen LogP contribution in [0.1, 0.15) is 52.9 Å². The van der Waals surface area contributed by atoms with Crippen molar-refractivity contribution in [3.63, 3.8) is 0 Å². The van der Waals surface area contributed by atoms with Crippen LogP contribution in [0.4, 0.5) is 0 Å². The molecule has 0 aromatic rings. The minimum atomic E-state index is -0.802. The molecule has 0 spiro atoms. The Kier molecular flexibility index (Phi) is 9.83. The maximum absolute atomic E-state index is 10.6. The Morgan fingerprint density at radius 3 is 2.18 bits per heavy atom. The molecule has 0 fully saturated rings. The van der Waals surface area contributed by atoms with Crippen LogP contribution in [-0.2, 0) is 4.79 Å². The Labute approximate surface area is 106 Å². The Balaban J connectivity index is 3.67. The predicted molar refractivity (Wildman–Crippen MR) is 72.3 cm³/mol. The van der Waals surface area contributed by atoms with E-state index in [1.165, 1.54) is 25.9 Å². The largest absolute Gasteiger partial charge is 0.478 e. The van der Waals surface area contributed by atoms with Crippen LogP contribution in [0.3, 0.4) is 0 Å². The minimum Gasteiger partial charge on any atom is -0.478 e. The molecule has 0 aliphatic heterocycles. The van der Waals surface area contributed by atoms with E-state index in [2.05, 4.69) is 18.7 Å². The summed E-state index contributed by atoms with van der Waals surface area (Å²) in [5.41, 5.74) is 0.462. The zero-order valence-corrected chi connectivity index (χ0v) is 11.5. The van der Waals surface area contributed by atoms with Gasteiger partial charge in [-0.05, 0) is 58.7 Å². The number of hydrogen-bond donors (Lipinski definition) is 1. The second-order valence-corrected chi connectivity index (χ2v) is 4.53. The zero-order chi connectivity index (χ0) is 13.1. The van der Waals surface area contributed by atoms with Crippen LogP contribution >= 0.6 is 0 Å². The molecular weight excluding hydrogens is 214 g/mol. The van der Waals surface area contributed by atoms with Crippen LogP contribution in [-0.4, -0.2) is 35.6 Å². The van der Waals surface area contributed by atoms with Crippen LogP contribution in [0.15, 0.2) is 11.6 Å². The predicted octanol–water partition coefficient (Wildman–Crippen LogP) is 3.31. The Hall–Kier alpha value is -0.830. The van der Waals surface area contributed by atoms with E-state index in [-0.39, 0.29) is 0 Å². The number of carboxylic acid groups (broad SMARTS) is 1. The van der Waals surface area contributed by atoms with Crippen molar-refractivity contribution in [3.8, 4) is 0 Å². The molecule has 1 N–H and O–H groups in total. The van der Waals surface area contributed by atoms with Crippen LogP contribution in [0, 0.1) is 0 Å². The minimum absolute atomic E-state index is 0.462. The third kappa shape index (κ3) is 8.93. The Bertz CT molecular complexity index is 230. The lowest BCUT2D eigenvalue weighted by molar-refractivity contribution is -0.132. The zero-order valence-electron chi connectivity index (χ0n) is 11.5. The molecule has 0 aromatic carbocycles. The van der Waals surface area contributed by atoms with Gasteiger partial charge in [-0.25, -0.2) is 4.79 Å². The number of nitrogens with zero attached hydrogens (tertiary/aromatic N) is 1. The van der Waals surface area contributed by atoms with E-state index in [0.717, 1.165) is 25.8 Å². The standard InChI is InChI=1S/C14H27NO2/c1-4-10-15(11-5-2)12-8-6-7-9-13(3)14(16)17/h9H,4-8,10-12H2,1-3H3,(H,16,17). The summed E-state index contributed by atoms with van der Waals surface area (Å²) in [4.78, 5) is 13.1. The van der Waals surface area contributed by atoms with E-state index in [9.17, 15) is 4.79 Å². The topological polar surface area (TPSA) is 40.5 Å². The molecule has 0 amide bonds. The van der Waals surface area contributed by atoms with Crippen molar-refractivity contribution >= 4 is 5.97 Å². The second-order valence-electron chi connectivity index (χ2n) is 4.53. The lowest BCUT2D eigenvalue weighted by atomic mass is 10.1. The first-order valence-electron chi connectivity index (χ1n) is 6.74. The first-order chi connectivity index (χ1) is 8.11. The number of allylic oxidation sites excluding steroid dienone is 1. The lowest BCUT2D eigenvalue weighted by Gasteiger charge is -2.20. The molecule has 17 heavy (non-hydrogen) atoms. The number of aliphatic carboxylic acids is 1. The number of unbranched alkanes of at least 4 members (excludes halogenated alkanes) is 2. The van der Waals surface area contributed by atoms with Crippen LogP contribution in [0.2, 0.25) is 0 Å². The average molecular weight is 241 g/mol. The van der Waals surface area contributed by atoms with Gasteiger partial charge in [0, 0.05) is 5.57 Å². The summed E-state index contributed by atoms with van der Waals surface area (Å²) in [6.45, 7) is 9.57. The van der Waals surface area contributed by atoms with Crippen molar-refractivity contribution in [2.45, 2.75) is 52.9 Å². The third-order valence-electron chi connectivity index (χ3n) is 2.80. The van der Waals surface area contributed by atoms with Gasteiger partial charge in [-0.3, -0.25) is 0 Å². The number of carboxylic acids is 1. The molecule has 3 nitrogen and oxygen atoms in total. The monoisotopic (exact) mass is 241 g/mol. The molecular formula is C14H27NO2. The lowest BCUT2D eigenvalue weighted by Crippen LogP contribution is -2.26. The third-order valence-corrected chi connectivity index (χ3v) is 2.80. The fourth-order valence-corrected chi connectivity index (χ4v) is 1.85. The van der Waals surface area contributed by atoms with Crippen molar-refractivity contribution in [1.82, 2.24) is 4.90 Å². The van der Waals surface area contributed by atoms with E-state index in [1.54, 1.807) is 6.92 Å². The molecule has 0 aromatic heterocycles. The SMILES string of the molecule is CCCN(CCC)CCCCC=C(C)C(=O)O. The summed E-state index contributed by atoms with van der Waals surface area (Å²) in [5, 5.41) is 8.69. The second kappa shape index (κ2) is 10.3. The van der Waals surface area contributed by atoms with Crippen molar-refractivity contribution in [3.05, 3.63) is 11.6 Å². The van der Waals surface area contributed by atoms with Gasteiger partial charge >= 0.3 is 5.97 Å². The highest BCUT2D eigenvalue weighted by Crippen LogP contribution is 2.04. The van der Waals surface area contributed by atoms with E-state index in [1.807, 2.05) is 6.08 Å². The van der Waals surface area contributed by atoms with E-state index in [4.69, 9.17) is 5.11 Å². The molecule has 0 atom stereocenters. The van der Waals surface area contributed by atoms with Gasteiger partial charge in [0.2, 0.25) is 0 Å². The van der Waals surface area contributed by atoms with Crippen molar-refractivity contribution < 1.29 is 9.90 Å². The molecule has 0 saturated carbocycles. The van der Waals surface area contributed by atoms with Crippen LogP contribution < -0.4 is 0 Å². The highest BCUT2D eigenvalue weighted by atomic mass is 16.4. The molecule has 0 rings (SSSR count). The van der Waals surface area contributed by atoms with Crippen LogP contribution in [0.5, 0.6) is 0 Å². The summed E-state index contributed by atoms with van der Waals surface area (Å²) in [5.74, 6) is -0.802. The van der Waals surface area contributed by atoms with Gasteiger partial charge in [0.05, 0.1) is 0 Å². The van der Waals surface area contributed by atoms with Gasteiger partial charge in [0.1, 0.15) is 0 Å². The molecule has 0 saturated heterocycles. The van der Waals surface area contributed by atoms with Crippen molar-refractivity contribution in [2.24, 2.45) is 0 Å². The van der Waals surface area contributed by atoms with E-state index >= 15 is 0 Å². The average Bonchev–Trinajstić information content (AvgIpc) is 2.28. The molecule has 3 heteroatoms. The van der Waals surface area contributed by atoms with Crippen molar-refractivity contribution in [2.75, 3.05) is 19.6 Å². The van der Waals surface area contributed by atoms with E-state index < -0.39 is 5.97 Å². The summed E-state index contributed by atoms with van der Waals surface area (Å²) in [7, 11) is 0. The van der Waals surface area contributed by atoms with Gasteiger partial charge in [0.15, 0.2) is 0 Å². The highest BCUT2D eigenvalue weighted by Gasteiger charge is 2.02. The quantitative estimate of drug-likeness (QED) is 0.471. The van der Waals surface area contributed by atoms with Gasteiger partial charge in [-0.1, -0.05) is 19.9 Å². The molecule has 0 heterocycles. The first-order valence-corrected chi connectivity index (χ1v) is 6.74. The van der Waals surface area contributed by atoms with Crippen LogP contribution in [0.25, 0.3) is 0 Å².